The van der Waals surface area contributed by atoms with Gasteiger partial charge in [0.2, 0.25) is 0 Å². The van der Waals surface area contributed by atoms with E-state index in [1.54, 1.807) is 0 Å². The summed E-state index contributed by atoms with van der Waals surface area (Å²) in [6, 6.07) is 122. The highest BCUT2D eigenvalue weighted by Gasteiger charge is 2.53. The molecular weight excluding hydrogens is 1170 g/mol. The van der Waals surface area contributed by atoms with Gasteiger partial charge in [-0.25, -0.2) is 0 Å². The standard InChI is InChI=1S/C90H53B2N5/c1-5-20-54(21-6-1)58-38-42-80-70(46-58)71-47-59(55-22-7-2-8-23-55)39-43-81(71)93(80)62-50-74-68-30-17-31-69-75-51-63(94-82-44-40-60(56-24-9-3-10-25-56)48-72(82)73-49-61(41-45-83(73)94)57-26-11-4-12-27-57)53-85-87(75)92(77-35-19-33-67-65-29-14-16-37-79(65)96(85)90(67)77)97(88(68)69)91-76-34-18-32-66-64-28-13-15-36-78(64)95(89(66)76)84(52-62)86(74)91/h1-53H. The number of hydrogen-bond acceptors (Lipinski definition) is 1. The molecule has 0 radical (unpaired) electrons. The summed E-state index contributed by atoms with van der Waals surface area (Å²) in [4.78, 5) is 0. The van der Waals surface area contributed by atoms with Crippen LogP contribution in [0.1, 0.15) is 0 Å². The van der Waals surface area contributed by atoms with Crippen molar-refractivity contribution in [3.8, 4) is 89.5 Å². The molecular formula is C90H53B2N5. The minimum absolute atomic E-state index is 0.167. The van der Waals surface area contributed by atoms with Gasteiger partial charge < -0.3 is 23.0 Å². The Morgan fingerprint density at radius 3 is 0.897 bits per heavy atom. The lowest BCUT2D eigenvalue weighted by atomic mass is 9.32. The fourth-order valence-electron chi connectivity index (χ4n) is 18.3. The first-order chi connectivity index (χ1) is 48.1. The summed E-state index contributed by atoms with van der Waals surface area (Å²) in [5.41, 5.74) is 35.6. The van der Waals surface area contributed by atoms with Crippen molar-refractivity contribution in [2.45, 2.75) is 0 Å². The van der Waals surface area contributed by atoms with Crippen LogP contribution < -0.4 is 26.6 Å². The molecule has 0 fully saturated rings. The minimum atomic E-state index is -0.167. The first-order valence-corrected chi connectivity index (χ1v) is 33.9. The predicted molar refractivity (Wildman–Crippen MR) is 409 cm³/mol. The maximum Gasteiger partial charge on any atom is 0.316 e. The third kappa shape index (κ3) is 6.89. The summed E-state index contributed by atoms with van der Waals surface area (Å²) in [5, 5.41) is 9.97. The van der Waals surface area contributed by atoms with Gasteiger partial charge in [-0.15, -0.1) is 0 Å². The Morgan fingerprint density at radius 1 is 0.206 bits per heavy atom. The Bertz CT molecular complexity index is 6100. The molecule has 7 heteroatoms. The summed E-state index contributed by atoms with van der Waals surface area (Å²) in [6.45, 7) is -0.333. The van der Waals surface area contributed by atoms with Crippen LogP contribution in [0.3, 0.4) is 0 Å². The van der Waals surface area contributed by atoms with Crippen molar-refractivity contribution in [2.24, 2.45) is 0 Å². The molecule has 8 heterocycles. The molecule has 0 saturated heterocycles. The topological polar surface area (TPSA) is 23.0 Å². The lowest BCUT2D eigenvalue weighted by Gasteiger charge is -2.50. The summed E-state index contributed by atoms with van der Waals surface area (Å²) in [7, 11) is 0. The second kappa shape index (κ2) is 19.1. The van der Waals surface area contributed by atoms with Crippen LogP contribution in [0, 0.1) is 0 Å². The molecule has 0 spiro atoms. The van der Waals surface area contributed by atoms with E-state index in [0.29, 0.717) is 0 Å². The number of para-hydroxylation sites is 5. The normalized spacial score (nSPS) is 13.1. The van der Waals surface area contributed by atoms with Gasteiger partial charge in [-0.3, -0.25) is 0 Å². The van der Waals surface area contributed by atoms with E-state index in [9.17, 15) is 0 Å². The zero-order valence-corrected chi connectivity index (χ0v) is 52.5. The summed E-state index contributed by atoms with van der Waals surface area (Å²) >= 11 is 0. The minimum Gasteiger partial charge on any atom is -0.444 e. The molecule has 4 aliphatic heterocycles. The van der Waals surface area contributed by atoms with Crippen molar-refractivity contribution in [1.82, 2.24) is 18.3 Å². The van der Waals surface area contributed by atoms with E-state index in [1.807, 2.05) is 0 Å². The molecule has 0 atom stereocenters. The number of hydrogen-bond donors (Lipinski definition) is 0. The monoisotopic (exact) mass is 1230 g/mol. The molecule has 444 valence electrons. The maximum absolute atomic E-state index is 2.90. The lowest BCUT2D eigenvalue weighted by Crippen LogP contribution is -2.74. The van der Waals surface area contributed by atoms with Gasteiger partial charge >= 0.3 is 13.7 Å². The molecule has 4 aromatic heterocycles. The molecule has 0 bridgehead atoms. The Hall–Kier alpha value is -12.6. The molecule has 4 aliphatic rings. The number of benzene rings is 15. The van der Waals surface area contributed by atoms with Gasteiger partial charge in [-0.1, -0.05) is 237 Å². The van der Waals surface area contributed by atoms with E-state index in [2.05, 4.69) is 345 Å². The number of nitrogens with zero attached hydrogens (tertiary/aromatic N) is 5. The zero-order chi connectivity index (χ0) is 62.9. The van der Waals surface area contributed by atoms with Gasteiger partial charge in [0.25, 0.3) is 0 Å². The smallest absolute Gasteiger partial charge is 0.316 e. The second-order valence-electron chi connectivity index (χ2n) is 27.0. The largest absolute Gasteiger partial charge is 0.444 e. The third-order valence-corrected chi connectivity index (χ3v) is 22.3. The second-order valence-corrected chi connectivity index (χ2v) is 27.0. The van der Waals surface area contributed by atoms with E-state index < -0.39 is 0 Å². The predicted octanol–water partition coefficient (Wildman–Crippen LogP) is 19.7. The molecule has 0 unspecified atom stereocenters. The van der Waals surface area contributed by atoms with Crippen LogP contribution in [-0.4, -0.2) is 32.0 Å². The highest BCUT2D eigenvalue weighted by atomic mass is 15.1. The Labute approximate surface area is 559 Å². The third-order valence-electron chi connectivity index (χ3n) is 22.3. The van der Waals surface area contributed by atoms with Crippen LogP contribution in [0.4, 0.5) is 5.69 Å². The van der Waals surface area contributed by atoms with Crippen molar-refractivity contribution in [3.63, 3.8) is 0 Å². The number of fused-ring (bicyclic) bond motifs is 20. The van der Waals surface area contributed by atoms with Gasteiger partial charge in [-0.05, 0) is 162 Å². The fourth-order valence-corrected chi connectivity index (χ4v) is 18.3. The highest BCUT2D eigenvalue weighted by molar-refractivity contribution is 7.09. The molecule has 0 saturated carbocycles. The van der Waals surface area contributed by atoms with Gasteiger partial charge in [0, 0.05) is 82.7 Å². The van der Waals surface area contributed by atoms with Crippen LogP contribution in [0.2, 0.25) is 0 Å². The number of aromatic nitrogens is 4. The van der Waals surface area contributed by atoms with E-state index >= 15 is 0 Å². The quantitative estimate of drug-likeness (QED) is 0.152. The van der Waals surface area contributed by atoms with Crippen LogP contribution in [0.15, 0.2) is 322 Å². The number of rotatable bonds is 6. The Balaban J connectivity index is 0.835. The molecule has 23 rings (SSSR count). The Morgan fingerprint density at radius 2 is 0.526 bits per heavy atom. The van der Waals surface area contributed by atoms with Crippen LogP contribution >= 0.6 is 0 Å². The Kier molecular flexibility index (Phi) is 10.2. The summed E-state index contributed by atoms with van der Waals surface area (Å²) < 4.78 is 13.3. The van der Waals surface area contributed by atoms with Crippen LogP contribution in [-0.2, 0) is 0 Å². The van der Waals surface area contributed by atoms with Crippen molar-refractivity contribution < 1.29 is 0 Å². The molecule has 0 aliphatic carbocycles. The van der Waals surface area contributed by atoms with Crippen LogP contribution in [0.25, 0.3) is 177 Å². The van der Waals surface area contributed by atoms with E-state index in [4.69, 9.17) is 0 Å². The molecule has 5 nitrogen and oxygen atoms in total. The SMILES string of the molecule is c1ccc(-c2ccc3c(c2)c2cc(-c4ccccc4)ccc2n3-c2cc3c4c(c2)-n2c5ccccc5c5cccc(c52)B4N2B4c5c(cc(-n6c7ccc(-c8ccccc8)cc7c7cc(-c8ccccc8)ccc76)cc5-n5c6ccccc6c6cccc4c65)-c4cccc-3c42)cc1. The van der Waals surface area contributed by atoms with Gasteiger partial charge in [0.1, 0.15) is 0 Å². The first kappa shape index (κ1) is 51.9. The summed E-state index contributed by atoms with van der Waals surface area (Å²) in [6.07, 6.45) is 0. The first-order valence-electron chi connectivity index (χ1n) is 33.9. The van der Waals surface area contributed by atoms with Crippen molar-refractivity contribution >= 4 is 128 Å². The van der Waals surface area contributed by atoms with E-state index in [0.717, 1.165) is 11.4 Å². The maximum atomic E-state index is 2.90. The van der Waals surface area contributed by atoms with Crippen LogP contribution in [0.5, 0.6) is 0 Å². The average molecular weight is 1230 g/mol. The van der Waals surface area contributed by atoms with Gasteiger partial charge in [0.15, 0.2) is 0 Å². The molecule has 0 N–H and O–H groups in total. The fraction of sp³-hybridized carbons (Fsp3) is 0. The van der Waals surface area contributed by atoms with Crippen molar-refractivity contribution in [1.29, 1.82) is 0 Å². The van der Waals surface area contributed by atoms with Crippen molar-refractivity contribution in [2.75, 3.05) is 4.72 Å². The molecule has 19 aromatic rings. The van der Waals surface area contributed by atoms with Gasteiger partial charge in [-0.2, -0.15) is 0 Å². The highest BCUT2D eigenvalue weighted by Crippen LogP contribution is 2.52. The summed E-state index contributed by atoms with van der Waals surface area (Å²) in [5.74, 6) is 0. The van der Waals surface area contributed by atoms with Crippen molar-refractivity contribution in [3.05, 3.63) is 322 Å². The molecule has 0 amide bonds. The lowest BCUT2D eigenvalue weighted by molar-refractivity contribution is 1.13. The van der Waals surface area contributed by atoms with E-state index in [1.165, 1.54) is 193 Å². The molecule has 15 aromatic carbocycles. The zero-order valence-electron chi connectivity index (χ0n) is 52.5. The number of anilines is 1. The van der Waals surface area contributed by atoms with E-state index in [-0.39, 0.29) is 13.7 Å². The average Bonchev–Trinajstić information content (AvgIpc) is 1.50. The van der Waals surface area contributed by atoms with Gasteiger partial charge in [0.05, 0.1) is 44.1 Å². The molecule has 97 heavy (non-hydrogen) atoms.